The van der Waals surface area contributed by atoms with Crippen LogP contribution in [0.4, 0.5) is 0 Å². The average Bonchev–Trinajstić information content (AvgIpc) is 3.08. The number of Topliss-reactive ketones (excluding diaryl/α,β-unsaturated/α-hetero) is 1. The molecule has 1 aliphatic heterocycles. The molecule has 1 aromatic heterocycles. The monoisotopic (exact) mass is 498 g/mol. The summed E-state index contributed by atoms with van der Waals surface area (Å²) in [5.41, 5.74) is 1.12. The fourth-order valence-electron chi connectivity index (χ4n) is 3.94. The van der Waals surface area contributed by atoms with Crippen molar-refractivity contribution in [3.8, 4) is 11.5 Å². The van der Waals surface area contributed by atoms with Crippen LogP contribution in [0.25, 0.3) is 5.76 Å². The van der Waals surface area contributed by atoms with E-state index in [2.05, 4.69) is 4.98 Å². The van der Waals surface area contributed by atoms with Gasteiger partial charge in [-0.3, -0.25) is 14.6 Å². The molecule has 0 spiro atoms. The first kappa shape index (κ1) is 23.6. The van der Waals surface area contributed by atoms with E-state index in [0.29, 0.717) is 11.4 Å². The lowest BCUT2D eigenvalue weighted by molar-refractivity contribution is -0.140. The molecule has 0 aliphatic carbocycles. The number of pyridine rings is 1. The summed E-state index contributed by atoms with van der Waals surface area (Å²) in [7, 11) is 2.92. The molecule has 1 saturated heterocycles. The summed E-state index contributed by atoms with van der Waals surface area (Å²) in [6.07, 6.45) is 1.55. The Bertz CT molecular complexity index is 1290. The second-order valence-corrected chi connectivity index (χ2v) is 8.35. The van der Waals surface area contributed by atoms with Crippen molar-refractivity contribution in [3.63, 3.8) is 0 Å². The molecule has 0 bridgehead atoms. The number of carbonyl (C=O) groups excluding carboxylic acids is 2. The highest BCUT2D eigenvalue weighted by molar-refractivity contribution is 6.46. The number of aliphatic hydroxyl groups excluding tert-OH is 1. The molecule has 174 valence electrons. The lowest BCUT2D eigenvalue weighted by atomic mass is 9.97. The van der Waals surface area contributed by atoms with Crippen molar-refractivity contribution >= 4 is 40.7 Å². The van der Waals surface area contributed by atoms with E-state index in [4.69, 9.17) is 32.7 Å². The van der Waals surface area contributed by atoms with E-state index >= 15 is 0 Å². The van der Waals surface area contributed by atoms with Gasteiger partial charge in [0.25, 0.3) is 11.7 Å². The SMILES string of the molecule is COc1cccc(CN2C(=O)C(=O)/C(=C(/O)c3cc(Cl)cc(Cl)c3OC)C2c2ccccn2)c1. The van der Waals surface area contributed by atoms with Crippen molar-refractivity contribution in [2.75, 3.05) is 14.2 Å². The lowest BCUT2D eigenvalue weighted by Gasteiger charge is -2.25. The Labute approximate surface area is 206 Å². The summed E-state index contributed by atoms with van der Waals surface area (Å²) in [4.78, 5) is 32.1. The number of carbonyl (C=O) groups is 2. The number of ketones is 1. The molecular formula is C25H20Cl2N2O5. The molecule has 1 atom stereocenters. The van der Waals surface area contributed by atoms with E-state index in [9.17, 15) is 14.7 Å². The number of aromatic nitrogens is 1. The number of hydrogen-bond acceptors (Lipinski definition) is 6. The van der Waals surface area contributed by atoms with Gasteiger partial charge in [-0.2, -0.15) is 0 Å². The second kappa shape index (κ2) is 9.75. The molecule has 0 radical (unpaired) electrons. The summed E-state index contributed by atoms with van der Waals surface area (Å²) in [5.74, 6) is -1.34. The minimum Gasteiger partial charge on any atom is -0.507 e. The summed E-state index contributed by atoms with van der Waals surface area (Å²) in [6.45, 7) is 0.0905. The van der Waals surface area contributed by atoms with Crippen LogP contribution >= 0.6 is 23.2 Å². The van der Waals surface area contributed by atoms with E-state index < -0.39 is 23.5 Å². The van der Waals surface area contributed by atoms with Gasteiger partial charge < -0.3 is 19.5 Å². The van der Waals surface area contributed by atoms with Gasteiger partial charge in [0.15, 0.2) is 0 Å². The standard InChI is InChI=1S/C25H20Cl2N2O5/c1-33-16-7-5-6-14(10-16)13-29-21(19-8-3-4-9-28-19)20(23(31)25(29)32)22(30)17-11-15(26)12-18(27)24(17)34-2/h3-12,21,30H,13H2,1-2H3/b22-20+. The number of likely N-dealkylation sites (tertiary alicyclic amines) is 1. The van der Waals surface area contributed by atoms with Crippen molar-refractivity contribution in [2.24, 2.45) is 0 Å². The van der Waals surface area contributed by atoms with Gasteiger partial charge >= 0.3 is 0 Å². The predicted molar refractivity (Wildman–Crippen MR) is 128 cm³/mol. The summed E-state index contributed by atoms with van der Waals surface area (Å²) in [6, 6.07) is 14.2. The van der Waals surface area contributed by atoms with Gasteiger partial charge in [0, 0.05) is 17.8 Å². The zero-order valence-corrected chi connectivity index (χ0v) is 19.8. The number of rotatable bonds is 6. The Hall–Kier alpha value is -3.55. The van der Waals surface area contributed by atoms with E-state index in [1.165, 1.54) is 24.1 Å². The minimum absolute atomic E-state index is 0.0905. The molecule has 34 heavy (non-hydrogen) atoms. The number of nitrogens with zero attached hydrogens (tertiary/aromatic N) is 2. The van der Waals surface area contributed by atoms with E-state index in [1.807, 2.05) is 6.07 Å². The van der Waals surface area contributed by atoms with Crippen LogP contribution in [0.2, 0.25) is 10.0 Å². The van der Waals surface area contributed by atoms with Gasteiger partial charge in [0.05, 0.1) is 36.1 Å². The molecule has 3 aromatic rings. The molecular weight excluding hydrogens is 479 g/mol. The van der Waals surface area contributed by atoms with Crippen LogP contribution in [0.15, 0.2) is 66.4 Å². The van der Waals surface area contributed by atoms with Crippen LogP contribution in [0.5, 0.6) is 11.5 Å². The fourth-order valence-corrected chi connectivity index (χ4v) is 4.52. The van der Waals surface area contributed by atoms with Crippen molar-refractivity contribution in [1.29, 1.82) is 0 Å². The lowest BCUT2D eigenvalue weighted by Crippen LogP contribution is -2.29. The zero-order valence-electron chi connectivity index (χ0n) is 18.3. The first-order valence-corrected chi connectivity index (χ1v) is 11.0. The maximum Gasteiger partial charge on any atom is 0.296 e. The number of aliphatic hydroxyl groups is 1. The molecule has 1 amide bonds. The van der Waals surface area contributed by atoms with Crippen LogP contribution < -0.4 is 9.47 Å². The Balaban J connectivity index is 1.90. The number of hydrogen-bond donors (Lipinski definition) is 1. The Kier molecular flexibility index (Phi) is 6.77. The Morgan fingerprint density at radius 1 is 1.06 bits per heavy atom. The summed E-state index contributed by atoms with van der Waals surface area (Å²) < 4.78 is 10.6. The minimum atomic E-state index is -0.949. The number of methoxy groups -OCH3 is 2. The molecule has 2 heterocycles. The third kappa shape index (κ3) is 4.32. The summed E-state index contributed by atoms with van der Waals surface area (Å²) >= 11 is 12.4. The number of amides is 1. The van der Waals surface area contributed by atoms with Gasteiger partial charge in [-0.25, -0.2) is 0 Å². The molecule has 1 aliphatic rings. The number of halogens is 2. The van der Waals surface area contributed by atoms with Crippen molar-refractivity contribution < 1.29 is 24.2 Å². The van der Waals surface area contributed by atoms with Gasteiger partial charge in [0.1, 0.15) is 23.3 Å². The van der Waals surface area contributed by atoms with Crippen LogP contribution in [0.1, 0.15) is 22.9 Å². The predicted octanol–water partition coefficient (Wildman–Crippen LogP) is 5.03. The average molecular weight is 499 g/mol. The Morgan fingerprint density at radius 3 is 2.53 bits per heavy atom. The zero-order chi connectivity index (χ0) is 24.4. The van der Waals surface area contributed by atoms with E-state index in [0.717, 1.165) is 5.56 Å². The van der Waals surface area contributed by atoms with Gasteiger partial charge in [-0.1, -0.05) is 41.4 Å². The molecule has 1 N–H and O–H groups in total. The Morgan fingerprint density at radius 2 is 1.85 bits per heavy atom. The quantitative estimate of drug-likeness (QED) is 0.291. The van der Waals surface area contributed by atoms with Crippen LogP contribution in [0, 0.1) is 0 Å². The second-order valence-electron chi connectivity index (χ2n) is 7.50. The number of benzene rings is 2. The molecule has 4 rings (SSSR count). The molecule has 2 aromatic carbocycles. The number of ether oxygens (including phenoxy) is 2. The van der Waals surface area contributed by atoms with Crippen LogP contribution in [-0.4, -0.2) is 40.9 Å². The summed E-state index contributed by atoms with van der Waals surface area (Å²) in [5, 5.41) is 11.7. The first-order valence-electron chi connectivity index (χ1n) is 10.2. The van der Waals surface area contributed by atoms with Gasteiger partial charge in [0.2, 0.25) is 0 Å². The van der Waals surface area contributed by atoms with Gasteiger partial charge in [-0.15, -0.1) is 0 Å². The topological polar surface area (TPSA) is 89.0 Å². The molecule has 0 saturated carbocycles. The highest BCUT2D eigenvalue weighted by atomic mass is 35.5. The maximum atomic E-state index is 13.2. The van der Waals surface area contributed by atoms with Crippen molar-refractivity contribution in [1.82, 2.24) is 9.88 Å². The largest absolute Gasteiger partial charge is 0.507 e. The third-order valence-corrected chi connectivity index (χ3v) is 5.96. The van der Waals surface area contributed by atoms with Gasteiger partial charge in [-0.05, 0) is 42.0 Å². The van der Waals surface area contributed by atoms with E-state index in [1.54, 1.807) is 49.7 Å². The van der Waals surface area contributed by atoms with Crippen LogP contribution in [-0.2, 0) is 16.1 Å². The maximum absolute atomic E-state index is 13.2. The smallest absolute Gasteiger partial charge is 0.296 e. The fraction of sp³-hybridized carbons (Fsp3) is 0.160. The highest BCUT2D eigenvalue weighted by Crippen LogP contribution is 2.43. The van der Waals surface area contributed by atoms with E-state index in [-0.39, 0.29) is 33.5 Å². The molecule has 1 unspecified atom stereocenters. The normalized spacial score (nSPS) is 17.2. The highest BCUT2D eigenvalue weighted by Gasteiger charge is 2.47. The van der Waals surface area contributed by atoms with Crippen molar-refractivity contribution in [3.05, 3.63) is 93.2 Å². The van der Waals surface area contributed by atoms with Crippen LogP contribution in [0.3, 0.4) is 0 Å². The molecule has 7 nitrogen and oxygen atoms in total. The van der Waals surface area contributed by atoms with Crippen molar-refractivity contribution in [2.45, 2.75) is 12.6 Å². The molecule has 9 heteroatoms. The first-order chi connectivity index (χ1) is 16.3. The molecule has 1 fully saturated rings. The third-order valence-electron chi connectivity index (χ3n) is 5.46.